The van der Waals surface area contributed by atoms with Crippen molar-refractivity contribution in [2.75, 3.05) is 0 Å². The second-order valence-electron chi connectivity index (χ2n) is 5.96. The maximum Gasteiger partial charge on any atom is 0.437 e. The summed E-state index contributed by atoms with van der Waals surface area (Å²) < 4.78 is 19.1. The first-order valence-electron chi connectivity index (χ1n) is 8.50. The fraction of sp³-hybridized carbons (Fsp3) is 0.250. The molecule has 0 radical (unpaired) electrons. The van der Waals surface area contributed by atoms with Gasteiger partial charge in [-0.15, -0.1) is 5.10 Å². The van der Waals surface area contributed by atoms with Crippen molar-refractivity contribution in [2.24, 2.45) is 0 Å². The van der Waals surface area contributed by atoms with Crippen LogP contribution >= 0.6 is 0 Å². The van der Waals surface area contributed by atoms with Gasteiger partial charge < -0.3 is 4.42 Å². The number of carbonyl (C=O) groups is 1. The second-order valence-corrected chi connectivity index (χ2v) is 5.96. The van der Waals surface area contributed by atoms with E-state index in [1.807, 2.05) is 32.0 Å². The predicted molar refractivity (Wildman–Crippen MR) is 95.7 cm³/mol. The Labute approximate surface area is 150 Å². The summed E-state index contributed by atoms with van der Waals surface area (Å²) in [5.74, 6) is -1.25. The Morgan fingerprint density at radius 1 is 1.12 bits per heavy atom. The molecule has 0 N–H and O–H groups in total. The summed E-state index contributed by atoms with van der Waals surface area (Å²) in [5, 5.41) is 4.07. The van der Waals surface area contributed by atoms with Crippen LogP contribution in [0, 0.1) is 5.82 Å². The fourth-order valence-electron chi connectivity index (χ4n) is 2.75. The zero-order chi connectivity index (χ0) is 18.7. The highest BCUT2D eigenvalue weighted by Gasteiger charge is 2.17. The number of hydrogen-bond donors (Lipinski definition) is 0. The molecule has 0 amide bonds. The number of aromatic nitrogens is 2. The first-order valence-corrected chi connectivity index (χ1v) is 8.50. The minimum atomic E-state index is -0.720. The van der Waals surface area contributed by atoms with Crippen LogP contribution in [0.3, 0.4) is 0 Å². The van der Waals surface area contributed by atoms with E-state index in [1.54, 1.807) is 0 Å². The number of hydrogen-bond acceptors (Lipinski definition) is 4. The Morgan fingerprint density at radius 3 is 2.50 bits per heavy atom. The van der Waals surface area contributed by atoms with Crippen molar-refractivity contribution in [1.29, 1.82) is 0 Å². The molecule has 0 aliphatic carbocycles. The van der Waals surface area contributed by atoms with Crippen LogP contribution in [0.1, 0.15) is 35.3 Å². The van der Waals surface area contributed by atoms with Gasteiger partial charge in [-0.05, 0) is 54.3 Å². The van der Waals surface area contributed by atoms with Gasteiger partial charge in [0, 0.05) is 11.1 Å². The van der Waals surface area contributed by atoms with Gasteiger partial charge in [-0.2, -0.15) is 4.68 Å². The average Bonchev–Trinajstić information content (AvgIpc) is 3.02. The van der Waals surface area contributed by atoms with Crippen LogP contribution in [0.5, 0.6) is 0 Å². The maximum atomic E-state index is 13.0. The van der Waals surface area contributed by atoms with Gasteiger partial charge in [0.25, 0.3) is 0 Å². The van der Waals surface area contributed by atoms with E-state index < -0.39 is 11.6 Å². The molecule has 134 valence electrons. The number of nitrogens with zero attached hydrogens (tertiary/aromatic N) is 2. The van der Waals surface area contributed by atoms with Crippen LogP contribution in [0.15, 0.2) is 51.7 Å². The SMILES string of the molecule is CCc1ccc(CC)c(C(=O)Cn2nc(-c3ccc(F)cc3)oc2=O)c1. The molecule has 0 saturated heterocycles. The van der Waals surface area contributed by atoms with Crippen LogP contribution < -0.4 is 5.76 Å². The van der Waals surface area contributed by atoms with Crippen LogP contribution in [0.4, 0.5) is 4.39 Å². The van der Waals surface area contributed by atoms with Gasteiger partial charge in [0.15, 0.2) is 5.78 Å². The molecular formula is C20H19FN2O3. The van der Waals surface area contributed by atoms with Gasteiger partial charge in [0.2, 0.25) is 5.89 Å². The summed E-state index contributed by atoms with van der Waals surface area (Å²) in [5.41, 5.74) is 3.06. The van der Waals surface area contributed by atoms with Crippen LogP contribution in [-0.2, 0) is 19.4 Å². The molecule has 6 heteroatoms. The molecule has 0 spiro atoms. The smallest absolute Gasteiger partial charge is 0.388 e. The summed E-state index contributed by atoms with van der Waals surface area (Å²) in [6, 6.07) is 11.3. The van der Waals surface area contributed by atoms with Gasteiger partial charge in [-0.3, -0.25) is 4.79 Å². The van der Waals surface area contributed by atoms with Gasteiger partial charge in [-0.25, -0.2) is 9.18 Å². The number of halogens is 1. The lowest BCUT2D eigenvalue weighted by Crippen LogP contribution is -2.22. The minimum Gasteiger partial charge on any atom is -0.388 e. The molecular weight excluding hydrogens is 335 g/mol. The van der Waals surface area contributed by atoms with Gasteiger partial charge in [-0.1, -0.05) is 26.0 Å². The molecule has 2 aromatic carbocycles. The van der Waals surface area contributed by atoms with E-state index in [0.717, 1.165) is 28.7 Å². The highest BCUT2D eigenvalue weighted by atomic mass is 19.1. The quantitative estimate of drug-likeness (QED) is 0.634. The highest BCUT2D eigenvalue weighted by Crippen LogP contribution is 2.17. The molecule has 1 aromatic heterocycles. The van der Waals surface area contributed by atoms with Crippen molar-refractivity contribution >= 4 is 5.78 Å². The van der Waals surface area contributed by atoms with E-state index in [-0.39, 0.29) is 18.2 Å². The molecule has 0 unspecified atom stereocenters. The normalized spacial score (nSPS) is 10.9. The molecule has 3 rings (SSSR count). The lowest BCUT2D eigenvalue weighted by atomic mass is 9.98. The standard InChI is InChI=1S/C20H19FN2O3/c1-3-13-5-6-14(4-2)17(11-13)18(24)12-23-20(25)26-19(22-23)15-7-9-16(21)10-8-15/h5-11H,3-4,12H2,1-2H3. The number of carbonyl (C=O) groups excluding carboxylic acids is 1. The highest BCUT2D eigenvalue weighted by molar-refractivity contribution is 5.97. The molecule has 3 aromatic rings. The van der Waals surface area contributed by atoms with E-state index in [4.69, 9.17) is 4.42 Å². The summed E-state index contributed by atoms with van der Waals surface area (Å²) in [6.07, 6.45) is 1.54. The number of Topliss-reactive ketones (excluding diaryl/α,β-unsaturated/α-hetero) is 1. The van der Waals surface area contributed by atoms with Crippen molar-refractivity contribution < 1.29 is 13.6 Å². The summed E-state index contributed by atoms with van der Waals surface area (Å²) >= 11 is 0. The van der Waals surface area contributed by atoms with Crippen molar-refractivity contribution in [1.82, 2.24) is 9.78 Å². The lowest BCUT2D eigenvalue weighted by molar-refractivity contribution is 0.0964. The van der Waals surface area contributed by atoms with E-state index >= 15 is 0 Å². The Morgan fingerprint density at radius 2 is 1.85 bits per heavy atom. The Balaban J connectivity index is 1.89. The fourth-order valence-corrected chi connectivity index (χ4v) is 2.75. The summed E-state index contributed by atoms with van der Waals surface area (Å²) in [4.78, 5) is 24.7. The Kier molecular flexibility index (Phi) is 5.11. The largest absolute Gasteiger partial charge is 0.437 e. The molecule has 0 saturated carbocycles. The van der Waals surface area contributed by atoms with Crippen LogP contribution in [0.25, 0.3) is 11.5 Å². The predicted octanol–water partition coefficient (Wildman–Crippen LogP) is 3.65. The first-order chi connectivity index (χ1) is 12.5. The van der Waals surface area contributed by atoms with E-state index in [2.05, 4.69) is 5.10 Å². The average molecular weight is 354 g/mol. The van der Waals surface area contributed by atoms with Gasteiger partial charge >= 0.3 is 5.76 Å². The number of ketones is 1. The summed E-state index contributed by atoms with van der Waals surface area (Å²) in [6.45, 7) is 3.79. The first kappa shape index (κ1) is 17.8. The Bertz CT molecular complexity index is 987. The molecule has 26 heavy (non-hydrogen) atoms. The zero-order valence-corrected chi connectivity index (χ0v) is 14.7. The molecule has 0 fully saturated rings. The van der Waals surface area contributed by atoms with Crippen LogP contribution in [-0.4, -0.2) is 15.6 Å². The minimum absolute atomic E-state index is 0.0563. The third-order valence-corrected chi connectivity index (χ3v) is 4.25. The summed E-state index contributed by atoms with van der Waals surface area (Å²) in [7, 11) is 0. The van der Waals surface area contributed by atoms with Crippen molar-refractivity contribution in [2.45, 2.75) is 33.2 Å². The maximum absolute atomic E-state index is 13.0. The monoisotopic (exact) mass is 354 g/mol. The lowest BCUT2D eigenvalue weighted by Gasteiger charge is -2.08. The van der Waals surface area contributed by atoms with E-state index in [9.17, 15) is 14.0 Å². The number of rotatable bonds is 6. The van der Waals surface area contributed by atoms with Crippen molar-refractivity contribution in [3.05, 3.63) is 75.5 Å². The molecule has 5 nitrogen and oxygen atoms in total. The molecule has 0 aliphatic rings. The van der Waals surface area contributed by atoms with Gasteiger partial charge in [0.05, 0.1) is 0 Å². The molecule has 0 aliphatic heterocycles. The topological polar surface area (TPSA) is 65.1 Å². The second kappa shape index (κ2) is 7.47. The van der Waals surface area contributed by atoms with E-state index in [1.165, 1.54) is 24.3 Å². The molecule has 0 atom stereocenters. The zero-order valence-electron chi connectivity index (χ0n) is 14.7. The number of benzene rings is 2. The molecule has 1 heterocycles. The molecule has 0 bridgehead atoms. The Hall–Kier alpha value is -3.02. The van der Waals surface area contributed by atoms with Crippen molar-refractivity contribution in [3.63, 3.8) is 0 Å². The van der Waals surface area contributed by atoms with E-state index in [0.29, 0.717) is 11.1 Å². The number of aryl methyl sites for hydroxylation is 2. The van der Waals surface area contributed by atoms with Crippen molar-refractivity contribution in [3.8, 4) is 11.5 Å². The van der Waals surface area contributed by atoms with Gasteiger partial charge in [0.1, 0.15) is 12.4 Å². The van der Waals surface area contributed by atoms with Crippen LogP contribution in [0.2, 0.25) is 0 Å². The third kappa shape index (κ3) is 3.64. The third-order valence-electron chi connectivity index (χ3n) is 4.25.